The number of hydrogen-bond donors (Lipinski definition) is 2. The molecule has 1 atom stereocenters. The third-order valence-corrected chi connectivity index (χ3v) is 3.26. The second-order valence-electron chi connectivity index (χ2n) is 4.46. The van der Waals surface area contributed by atoms with Crippen LogP contribution in [-0.2, 0) is 6.61 Å². The number of nitrogens with zero attached hydrogens (tertiary/aromatic N) is 2. The van der Waals surface area contributed by atoms with Crippen LogP contribution >= 0.6 is 15.9 Å². The molecule has 88 valence electrons. The van der Waals surface area contributed by atoms with Gasteiger partial charge in [0.2, 0.25) is 0 Å². The van der Waals surface area contributed by atoms with Gasteiger partial charge in [0.1, 0.15) is 5.82 Å². The summed E-state index contributed by atoms with van der Waals surface area (Å²) in [5.74, 6) is 0.767. The number of halogens is 1. The van der Waals surface area contributed by atoms with Gasteiger partial charge in [-0.3, -0.25) is 0 Å². The Morgan fingerprint density at radius 3 is 2.94 bits per heavy atom. The maximum absolute atomic E-state index is 9.90. The summed E-state index contributed by atoms with van der Waals surface area (Å²) in [5.41, 5.74) is 0.133. The van der Waals surface area contributed by atoms with E-state index in [1.54, 1.807) is 6.20 Å². The molecular weight excluding hydrogens is 272 g/mol. The van der Waals surface area contributed by atoms with Gasteiger partial charge in [0, 0.05) is 29.3 Å². The molecule has 0 saturated carbocycles. The molecule has 0 aromatic carbocycles. The molecule has 1 fully saturated rings. The second-order valence-corrected chi connectivity index (χ2v) is 5.38. The topological polar surface area (TPSA) is 56.6 Å². The summed E-state index contributed by atoms with van der Waals surface area (Å²) in [6.07, 6.45) is 2.44. The van der Waals surface area contributed by atoms with Gasteiger partial charge in [-0.05, 0) is 35.3 Å². The van der Waals surface area contributed by atoms with Gasteiger partial charge < -0.3 is 15.1 Å². The van der Waals surface area contributed by atoms with Gasteiger partial charge in [-0.25, -0.2) is 4.98 Å². The van der Waals surface area contributed by atoms with Gasteiger partial charge in [0.15, 0.2) is 0 Å². The molecule has 1 unspecified atom stereocenters. The Labute approximate surface area is 103 Å². The minimum Gasteiger partial charge on any atom is -0.392 e. The van der Waals surface area contributed by atoms with Crippen molar-refractivity contribution < 1.29 is 10.2 Å². The SMILES string of the molecule is CC1(O)CCN(c2ncc(Br)cc2CO)C1. The van der Waals surface area contributed by atoms with Crippen molar-refractivity contribution in [3.05, 3.63) is 22.3 Å². The van der Waals surface area contributed by atoms with Crippen LogP contribution in [-0.4, -0.2) is 33.9 Å². The highest BCUT2D eigenvalue weighted by molar-refractivity contribution is 9.10. The molecule has 2 heterocycles. The summed E-state index contributed by atoms with van der Waals surface area (Å²) in [6, 6.07) is 1.86. The molecule has 16 heavy (non-hydrogen) atoms. The summed E-state index contributed by atoms with van der Waals surface area (Å²) in [6.45, 7) is 3.12. The number of rotatable bonds is 2. The van der Waals surface area contributed by atoms with E-state index < -0.39 is 5.60 Å². The lowest BCUT2D eigenvalue weighted by atomic mass is 10.1. The lowest BCUT2D eigenvalue weighted by molar-refractivity contribution is 0.0838. The minimum absolute atomic E-state index is 0.0413. The molecule has 1 aliphatic heterocycles. The van der Waals surface area contributed by atoms with E-state index in [4.69, 9.17) is 0 Å². The average molecular weight is 287 g/mol. The van der Waals surface area contributed by atoms with E-state index in [-0.39, 0.29) is 6.61 Å². The van der Waals surface area contributed by atoms with E-state index in [1.165, 1.54) is 0 Å². The molecule has 0 bridgehead atoms. The van der Waals surface area contributed by atoms with Crippen LogP contribution in [0.5, 0.6) is 0 Å². The van der Waals surface area contributed by atoms with Crippen LogP contribution in [0.4, 0.5) is 5.82 Å². The zero-order valence-corrected chi connectivity index (χ0v) is 10.7. The van der Waals surface area contributed by atoms with E-state index >= 15 is 0 Å². The van der Waals surface area contributed by atoms with Crippen molar-refractivity contribution in [1.82, 2.24) is 4.98 Å². The molecular formula is C11H15BrN2O2. The third-order valence-electron chi connectivity index (χ3n) is 2.83. The fraction of sp³-hybridized carbons (Fsp3) is 0.545. The summed E-state index contributed by atoms with van der Waals surface area (Å²) < 4.78 is 0.853. The summed E-state index contributed by atoms with van der Waals surface area (Å²) in [7, 11) is 0. The second kappa shape index (κ2) is 4.31. The molecule has 1 aliphatic rings. The van der Waals surface area contributed by atoms with Gasteiger partial charge in [0.25, 0.3) is 0 Å². The standard InChI is InChI=1S/C11H15BrN2O2/c1-11(16)2-3-14(7-11)10-8(6-15)4-9(12)5-13-10/h4-5,15-16H,2-3,6-7H2,1H3. The van der Waals surface area contributed by atoms with Crippen molar-refractivity contribution >= 4 is 21.7 Å². The average Bonchev–Trinajstić information content (AvgIpc) is 2.58. The van der Waals surface area contributed by atoms with E-state index in [0.717, 1.165) is 28.8 Å². The van der Waals surface area contributed by atoms with Crippen molar-refractivity contribution in [2.75, 3.05) is 18.0 Å². The Balaban J connectivity index is 2.27. The van der Waals surface area contributed by atoms with Gasteiger partial charge in [-0.2, -0.15) is 0 Å². The molecule has 4 nitrogen and oxygen atoms in total. The maximum atomic E-state index is 9.90. The van der Waals surface area contributed by atoms with E-state index in [9.17, 15) is 10.2 Å². The molecule has 0 radical (unpaired) electrons. The highest BCUT2D eigenvalue weighted by atomic mass is 79.9. The van der Waals surface area contributed by atoms with Gasteiger partial charge in [-0.1, -0.05) is 0 Å². The highest BCUT2D eigenvalue weighted by Crippen LogP contribution is 2.28. The van der Waals surface area contributed by atoms with E-state index in [0.29, 0.717) is 6.54 Å². The normalized spacial score (nSPS) is 25.1. The number of aliphatic hydroxyl groups is 2. The summed E-state index contributed by atoms with van der Waals surface area (Å²) in [5, 5.41) is 19.2. The Hall–Kier alpha value is -0.650. The van der Waals surface area contributed by atoms with Gasteiger partial charge in [-0.15, -0.1) is 0 Å². The third kappa shape index (κ3) is 2.36. The minimum atomic E-state index is -0.651. The lowest BCUT2D eigenvalue weighted by Gasteiger charge is -2.21. The van der Waals surface area contributed by atoms with Crippen LogP contribution in [0.15, 0.2) is 16.7 Å². The number of β-amino-alcohol motifs (C(OH)–C–C–N with tert-alkyl or cyclic N) is 1. The van der Waals surface area contributed by atoms with Crippen LogP contribution in [0, 0.1) is 0 Å². The zero-order valence-electron chi connectivity index (χ0n) is 9.15. The first-order chi connectivity index (χ1) is 7.52. The predicted octanol–water partition coefficient (Wildman–Crippen LogP) is 1.30. The van der Waals surface area contributed by atoms with Gasteiger partial charge >= 0.3 is 0 Å². The zero-order chi connectivity index (χ0) is 11.8. The van der Waals surface area contributed by atoms with Gasteiger partial charge in [0.05, 0.1) is 12.2 Å². The lowest BCUT2D eigenvalue weighted by Crippen LogP contribution is -2.30. The fourth-order valence-corrected chi connectivity index (χ4v) is 2.38. The monoisotopic (exact) mass is 286 g/mol. The van der Waals surface area contributed by atoms with Crippen molar-refractivity contribution in [2.45, 2.75) is 25.6 Å². The molecule has 2 rings (SSSR count). The van der Waals surface area contributed by atoms with Crippen molar-refractivity contribution in [3.63, 3.8) is 0 Å². The summed E-state index contributed by atoms with van der Waals surface area (Å²) in [4.78, 5) is 6.32. The largest absolute Gasteiger partial charge is 0.392 e. The van der Waals surface area contributed by atoms with Crippen LogP contribution in [0.25, 0.3) is 0 Å². The van der Waals surface area contributed by atoms with Crippen molar-refractivity contribution in [2.24, 2.45) is 0 Å². The van der Waals surface area contributed by atoms with E-state index in [2.05, 4.69) is 20.9 Å². The molecule has 0 spiro atoms. The molecule has 1 saturated heterocycles. The number of pyridine rings is 1. The number of aliphatic hydroxyl groups excluding tert-OH is 1. The van der Waals surface area contributed by atoms with Crippen LogP contribution in [0.1, 0.15) is 18.9 Å². The molecule has 2 N–H and O–H groups in total. The summed E-state index contributed by atoms with van der Waals surface area (Å²) >= 11 is 3.33. The maximum Gasteiger partial charge on any atom is 0.134 e. The first-order valence-electron chi connectivity index (χ1n) is 5.24. The molecule has 0 amide bonds. The molecule has 1 aromatic heterocycles. The number of aromatic nitrogens is 1. The first kappa shape index (κ1) is 11.8. The van der Waals surface area contributed by atoms with Crippen LogP contribution in [0.2, 0.25) is 0 Å². The smallest absolute Gasteiger partial charge is 0.134 e. The Morgan fingerprint density at radius 2 is 2.38 bits per heavy atom. The van der Waals surface area contributed by atoms with Crippen molar-refractivity contribution in [3.8, 4) is 0 Å². The Kier molecular flexibility index (Phi) is 3.19. The number of hydrogen-bond acceptors (Lipinski definition) is 4. The fourth-order valence-electron chi connectivity index (χ4n) is 2.00. The van der Waals surface area contributed by atoms with E-state index in [1.807, 2.05) is 17.9 Å². The molecule has 0 aliphatic carbocycles. The number of anilines is 1. The Morgan fingerprint density at radius 1 is 1.62 bits per heavy atom. The van der Waals surface area contributed by atoms with Crippen molar-refractivity contribution in [1.29, 1.82) is 0 Å². The van der Waals surface area contributed by atoms with Crippen LogP contribution < -0.4 is 4.90 Å². The predicted molar refractivity (Wildman–Crippen MR) is 65.3 cm³/mol. The molecule has 1 aromatic rings. The quantitative estimate of drug-likeness (QED) is 0.861. The Bertz CT molecular complexity index is 396. The highest BCUT2D eigenvalue weighted by Gasteiger charge is 2.32. The first-order valence-corrected chi connectivity index (χ1v) is 6.04. The van der Waals surface area contributed by atoms with Crippen LogP contribution in [0.3, 0.4) is 0 Å². The molecule has 5 heteroatoms.